The lowest BCUT2D eigenvalue weighted by molar-refractivity contribution is -0.141. The van der Waals surface area contributed by atoms with E-state index in [1.165, 1.54) is 6.08 Å². The van der Waals surface area contributed by atoms with Crippen LogP contribution in [0.2, 0.25) is 0 Å². The van der Waals surface area contributed by atoms with Crippen molar-refractivity contribution < 1.29 is 43.4 Å². The zero-order valence-corrected chi connectivity index (χ0v) is 37.9. The minimum atomic E-state index is -1.14. The number of nitrogens with zero attached hydrogens (tertiary/aromatic N) is 1. The second-order valence-electron chi connectivity index (χ2n) is 16.9. The molecule has 16 nitrogen and oxygen atoms in total. The molecule has 0 unspecified atom stereocenters. The Morgan fingerprint density at radius 1 is 0.824 bits per heavy atom. The molecule has 0 aliphatic carbocycles. The molecule has 8 N–H and O–H groups in total. The fourth-order valence-corrected chi connectivity index (χ4v) is 8.36. The zero-order valence-electron chi connectivity index (χ0n) is 37.9. The van der Waals surface area contributed by atoms with E-state index in [-0.39, 0.29) is 58.5 Å². The number of rotatable bonds is 13. The Morgan fingerprint density at radius 2 is 1.53 bits per heavy atom. The Bertz CT molecular complexity index is 2460. The summed E-state index contributed by atoms with van der Waals surface area (Å²) < 4.78 is 5.37. The fraction of sp³-hybridized carbons (Fsp3) is 0.327. The van der Waals surface area contributed by atoms with Crippen molar-refractivity contribution in [3.8, 4) is 11.1 Å². The number of carboxylic acids is 1. The van der Waals surface area contributed by atoms with E-state index in [9.17, 15) is 33.6 Å². The van der Waals surface area contributed by atoms with Crippen molar-refractivity contribution in [1.82, 2.24) is 31.5 Å². The SMILES string of the molecule is NCCOCCNC(=O)[C@@H]1CCNC(=O)/C=C/C(=O)N2CCC[C@](Cc3ccccc3)(C2)C(=O)N[C@@H](Cc2ccc(-c3ccc(/C=C\C(=O)O)cc3)cc2)C(=O)NCc2ccccc2CC(=O)N1. The molecule has 16 heteroatoms. The Labute approximate surface area is 395 Å². The molecule has 3 atom stereocenters. The molecule has 1 fully saturated rings. The summed E-state index contributed by atoms with van der Waals surface area (Å²) in [6.45, 7) is 1.44. The molecule has 6 rings (SSSR count). The first-order valence-corrected chi connectivity index (χ1v) is 22.8. The maximum Gasteiger partial charge on any atom is 0.328 e. The molecule has 68 heavy (non-hydrogen) atoms. The molecule has 2 aliphatic rings. The summed E-state index contributed by atoms with van der Waals surface area (Å²) in [5.74, 6) is -3.88. The summed E-state index contributed by atoms with van der Waals surface area (Å²) >= 11 is 0. The molecular weight excluding hydrogens is 867 g/mol. The smallest absolute Gasteiger partial charge is 0.328 e. The van der Waals surface area contributed by atoms with Crippen molar-refractivity contribution in [3.63, 3.8) is 0 Å². The van der Waals surface area contributed by atoms with Crippen molar-refractivity contribution in [1.29, 1.82) is 0 Å². The van der Waals surface area contributed by atoms with E-state index >= 15 is 0 Å². The largest absolute Gasteiger partial charge is 0.478 e. The minimum absolute atomic E-state index is 0.000774. The Hall–Kier alpha value is -7.43. The average molecular weight is 926 g/mol. The van der Waals surface area contributed by atoms with Gasteiger partial charge in [0, 0.05) is 63.9 Å². The van der Waals surface area contributed by atoms with Gasteiger partial charge in [0.1, 0.15) is 12.1 Å². The van der Waals surface area contributed by atoms with Gasteiger partial charge in [-0.05, 0) is 70.7 Å². The van der Waals surface area contributed by atoms with E-state index < -0.39 is 58.9 Å². The van der Waals surface area contributed by atoms with Crippen LogP contribution in [0.3, 0.4) is 0 Å². The number of nitrogens with one attached hydrogen (secondary N) is 5. The van der Waals surface area contributed by atoms with Gasteiger partial charge in [0.2, 0.25) is 35.4 Å². The number of piperidine rings is 1. The van der Waals surface area contributed by atoms with Gasteiger partial charge in [-0.2, -0.15) is 0 Å². The number of carboxylic acid groups (broad SMARTS) is 1. The van der Waals surface area contributed by atoms with E-state index in [1.807, 2.05) is 78.9 Å². The summed E-state index contributed by atoms with van der Waals surface area (Å²) in [6.07, 6.45) is 6.10. The van der Waals surface area contributed by atoms with Crippen LogP contribution in [0, 0.1) is 5.41 Å². The van der Waals surface area contributed by atoms with Gasteiger partial charge in [-0.3, -0.25) is 28.8 Å². The van der Waals surface area contributed by atoms with Crippen LogP contribution in [0.1, 0.15) is 47.1 Å². The van der Waals surface area contributed by atoms with Gasteiger partial charge < -0.3 is 47.1 Å². The van der Waals surface area contributed by atoms with Crippen LogP contribution < -0.4 is 32.3 Å². The predicted molar refractivity (Wildman–Crippen MR) is 256 cm³/mol. The fourth-order valence-electron chi connectivity index (χ4n) is 8.36. The van der Waals surface area contributed by atoms with Crippen molar-refractivity contribution in [3.05, 3.63) is 149 Å². The van der Waals surface area contributed by atoms with Crippen LogP contribution in [0.4, 0.5) is 0 Å². The number of benzene rings is 4. The average Bonchev–Trinajstić information content (AvgIpc) is 3.34. The lowest BCUT2D eigenvalue weighted by Gasteiger charge is -2.42. The van der Waals surface area contributed by atoms with E-state index in [0.717, 1.165) is 46.0 Å². The van der Waals surface area contributed by atoms with Gasteiger partial charge in [-0.25, -0.2) is 4.79 Å². The van der Waals surface area contributed by atoms with Gasteiger partial charge in [-0.1, -0.05) is 103 Å². The van der Waals surface area contributed by atoms with E-state index in [4.69, 9.17) is 15.6 Å². The summed E-state index contributed by atoms with van der Waals surface area (Å²) in [5, 5.41) is 23.4. The van der Waals surface area contributed by atoms with E-state index in [0.29, 0.717) is 43.7 Å². The number of aliphatic carboxylic acids is 1. The maximum absolute atomic E-state index is 14.9. The quantitative estimate of drug-likeness (QED) is 0.0765. The third-order valence-corrected chi connectivity index (χ3v) is 11.9. The molecule has 0 saturated carbocycles. The van der Waals surface area contributed by atoms with Gasteiger partial charge in [-0.15, -0.1) is 0 Å². The van der Waals surface area contributed by atoms with Crippen molar-refractivity contribution in [2.45, 2.75) is 57.2 Å². The molecule has 2 heterocycles. The number of carbonyl (C=O) groups is 7. The number of hydrogen-bond donors (Lipinski definition) is 7. The highest BCUT2D eigenvalue weighted by molar-refractivity contribution is 5.97. The number of amides is 6. The maximum atomic E-state index is 14.9. The summed E-state index contributed by atoms with van der Waals surface area (Å²) in [4.78, 5) is 95.6. The Morgan fingerprint density at radius 3 is 2.25 bits per heavy atom. The van der Waals surface area contributed by atoms with Crippen molar-refractivity contribution in [2.75, 3.05) is 45.9 Å². The highest BCUT2D eigenvalue weighted by Gasteiger charge is 2.44. The predicted octanol–water partition coefficient (Wildman–Crippen LogP) is 2.84. The summed E-state index contributed by atoms with van der Waals surface area (Å²) in [6, 6.07) is 29.5. The van der Waals surface area contributed by atoms with Crippen LogP contribution in [0.5, 0.6) is 0 Å². The molecule has 2 bridgehead atoms. The second kappa shape index (κ2) is 24.9. The van der Waals surface area contributed by atoms with Crippen molar-refractivity contribution in [2.24, 2.45) is 11.1 Å². The first-order valence-electron chi connectivity index (χ1n) is 22.8. The molecule has 0 aromatic heterocycles. The van der Waals surface area contributed by atoms with Crippen LogP contribution >= 0.6 is 0 Å². The van der Waals surface area contributed by atoms with Gasteiger partial charge in [0.15, 0.2) is 0 Å². The normalized spacial score (nSPS) is 20.4. The van der Waals surface area contributed by atoms with Crippen LogP contribution in [-0.4, -0.2) is 109 Å². The van der Waals surface area contributed by atoms with Crippen LogP contribution in [0.25, 0.3) is 17.2 Å². The molecule has 2 aliphatic heterocycles. The lowest BCUT2D eigenvalue weighted by atomic mass is 9.74. The molecule has 0 spiro atoms. The number of nitrogens with two attached hydrogens (primary N) is 1. The molecular formula is C52H59N7O9. The minimum Gasteiger partial charge on any atom is -0.478 e. The van der Waals surface area contributed by atoms with Crippen LogP contribution in [-0.2, 0) is 64.1 Å². The third-order valence-electron chi connectivity index (χ3n) is 11.9. The highest BCUT2D eigenvalue weighted by atomic mass is 16.5. The summed E-state index contributed by atoms with van der Waals surface area (Å²) in [5.41, 5.74) is 9.77. The second-order valence-corrected chi connectivity index (χ2v) is 16.9. The van der Waals surface area contributed by atoms with Gasteiger partial charge in [0.05, 0.1) is 25.0 Å². The van der Waals surface area contributed by atoms with Gasteiger partial charge >= 0.3 is 5.97 Å². The number of carbonyl (C=O) groups excluding carboxylic acids is 6. The summed E-state index contributed by atoms with van der Waals surface area (Å²) in [7, 11) is 0. The topological polar surface area (TPSA) is 238 Å². The van der Waals surface area contributed by atoms with Crippen LogP contribution in [0.15, 0.2) is 121 Å². The number of hydrogen-bond acceptors (Lipinski definition) is 9. The van der Waals surface area contributed by atoms with E-state index in [2.05, 4.69) is 26.6 Å². The third kappa shape index (κ3) is 14.8. The lowest BCUT2D eigenvalue weighted by Crippen LogP contribution is -2.58. The van der Waals surface area contributed by atoms with Gasteiger partial charge in [0.25, 0.3) is 0 Å². The highest BCUT2D eigenvalue weighted by Crippen LogP contribution is 2.35. The molecule has 4 aromatic carbocycles. The first kappa shape index (κ1) is 50.0. The van der Waals surface area contributed by atoms with E-state index in [1.54, 1.807) is 29.2 Å². The zero-order chi connectivity index (χ0) is 48.3. The molecule has 6 amide bonds. The monoisotopic (exact) mass is 925 g/mol. The first-order chi connectivity index (χ1) is 32.9. The molecule has 0 radical (unpaired) electrons. The standard InChI is InChI=1S/C52H59N7O9/c53-25-29-68-30-27-55-49(65)43-23-26-54-45(60)20-21-47(62)59-28-6-24-52(35-59,33-38-7-2-1-3-8-38)51(67)58-44(50(66)56-34-42-10-5-4-9-41(42)32-46(61)57-43)31-37-13-18-40(19-14-37)39-16-11-36(12-17-39)15-22-48(63)64/h1-5,7-22,43-44H,6,23-35,53H2,(H,54,60)(H,55,65)(H,56,66)(H,57,61)(H,58,67)(H,63,64)/b21-20+,22-15-/t43-,44-,52-/m0/s1. The number of fused-ring (bicyclic) bond motifs is 3. The van der Waals surface area contributed by atoms with Crippen molar-refractivity contribution >= 4 is 47.5 Å². The molecule has 1 saturated heterocycles. The molecule has 4 aromatic rings. The molecule has 356 valence electrons. The number of ether oxygens (including phenoxy) is 1. The Balaban J connectivity index is 1.30. The Kier molecular flexibility index (Phi) is 18.3.